The molecular weight excluding hydrogens is 388 g/mol. The largest absolute Gasteiger partial charge is 0.454 e. The van der Waals surface area contributed by atoms with Crippen LogP contribution in [0.5, 0.6) is 11.5 Å². The fourth-order valence-corrected chi connectivity index (χ4v) is 3.57. The number of ether oxygens (including phenoxy) is 2. The third-order valence-electron chi connectivity index (χ3n) is 4.77. The molecule has 3 aromatic rings. The van der Waals surface area contributed by atoms with Crippen molar-refractivity contribution < 1.29 is 14.3 Å². The fourth-order valence-electron chi connectivity index (χ4n) is 3.36. The molecule has 0 saturated heterocycles. The van der Waals surface area contributed by atoms with Gasteiger partial charge in [-0.3, -0.25) is 4.79 Å². The predicted octanol–water partition coefficient (Wildman–Crippen LogP) is 4.75. The van der Waals surface area contributed by atoms with Crippen LogP contribution in [-0.2, 0) is 13.1 Å². The monoisotopic (exact) mass is 408 g/mol. The van der Waals surface area contributed by atoms with Gasteiger partial charge in [0.1, 0.15) is 0 Å². The Labute approximate surface area is 174 Å². The number of rotatable bonds is 7. The van der Waals surface area contributed by atoms with Crippen LogP contribution in [0, 0.1) is 0 Å². The Morgan fingerprint density at radius 2 is 2.00 bits per heavy atom. The lowest BCUT2D eigenvalue weighted by Gasteiger charge is -2.22. The van der Waals surface area contributed by atoms with E-state index in [1.807, 2.05) is 42.6 Å². The number of carbonyl (C=O) groups is 1. The SMILES string of the molecule is C=CCN(Cc1cccn1Cc1cccc(Cl)c1)C(=O)c1ccc2c(c1)OCO2. The van der Waals surface area contributed by atoms with Gasteiger partial charge < -0.3 is 18.9 Å². The Balaban J connectivity index is 1.54. The minimum Gasteiger partial charge on any atom is -0.454 e. The van der Waals surface area contributed by atoms with Crippen molar-refractivity contribution in [2.24, 2.45) is 0 Å². The molecule has 148 valence electrons. The van der Waals surface area contributed by atoms with E-state index in [0.717, 1.165) is 11.3 Å². The molecule has 0 radical (unpaired) electrons. The van der Waals surface area contributed by atoms with E-state index >= 15 is 0 Å². The molecule has 29 heavy (non-hydrogen) atoms. The molecule has 1 aliphatic rings. The van der Waals surface area contributed by atoms with Crippen molar-refractivity contribution in [1.29, 1.82) is 0 Å². The predicted molar refractivity (Wildman–Crippen MR) is 112 cm³/mol. The van der Waals surface area contributed by atoms with Crippen LogP contribution in [0.1, 0.15) is 21.6 Å². The molecule has 0 saturated carbocycles. The zero-order valence-electron chi connectivity index (χ0n) is 15.9. The Kier molecular flexibility index (Phi) is 5.58. The van der Waals surface area contributed by atoms with Gasteiger partial charge in [-0.05, 0) is 48.0 Å². The normalized spacial score (nSPS) is 12.0. The minimum atomic E-state index is -0.0845. The van der Waals surface area contributed by atoms with Crippen LogP contribution in [0.2, 0.25) is 5.02 Å². The standard InChI is InChI=1S/C23H21ClN2O3/c1-2-10-26(23(27)18-8-9-21-22(13-18)29-16-28-21)15-20-7-4-11-25(20)14-17-5-3-6-19(24)12-17/h2-9,11-13H,1,10,14-16H2. The third-order valence-corrected chi connectivity index (χ3v) is 5.01. The van der Waals surface area contributed by atoms with E-state index in [1.165, 1.54) is 0 Å². The van der Waals surface area contributed by atoms with Crippen LogP contribution in [0.15, 0.2) is 73.4 Å². The van der Waals surface area contributed by atoms with Gasteiger partial charge in [-0.15, -0.1) is 6.58 Å². The first-order valence-corrected chi connectivity index (χ1v) is 9.70. The molecular formula is C23H21ClN2O3. The average Bonchev–Trinajstić information content (AvgIpc) is 3.36. The number of halogens is 1. The van der Waals surface area contributed by atoms with Crippen LogP contribution in [0.25, 0.3) is 0 Å². The highest BCUT2D eigenvalue weighted by Gasteiger charge is 2.20. The van der Waals surface area contributed by atoms with Crippen LogP contribution in [0.3, 0.4) is 0 Å². The minimum absolute atomic E-state index is 0.0845. The highest BCUT2D eigenvalue weighted by Crippen LogP contribution is 2.33. The number of benzene rings is 2. The van der Waals surface area contributed by atoms with Crippen LogP contribution in [0.4, 0.5) is 0 Å². The zero-order valence-corrected chi connectivity index (χ0v) is 16.6. The van der Waals surface area contributed by atoms with Crippen molar-refractivity contribution in [2.45, 2.75) is 13.1 Å². The molecule has 0 aliphatic carbocycles. The molecule has 0 N–H and O–H groups in total. The molecule has 0 atom stereocenters. The second-order valence-electron chi connectivity index (χ2n) is 6.80. The summed E-state index contributed by atoms with van der Waals surface area (Å²) >= 11 is 6.11. The van der Waals surface area contributed by atoms with E-state index in [1.54, 1.807) is 29.2 Å². The van der Waals surface area contributed by atoms with Crippen molar-refractivity contribution in [3.63, 3.8) is 0 Å². The summed E-state index contributed by atoms with van der Waals surface area (Å²) in [5.74, 6) is 1.17. The zero-order chi connectivity index (χ0) is 20.2. The molecule has 0 spiro atoms. The molecule has 1 aliphatic heterocycles. The number of hydrogen-bond donors (Lipinski definition) is 0. The summed E-state index contributed by atoms with van der Waals surface area (Å²) in [6, 6.07) is 17.0. The molecule has 1 amide bonds. The van der Waals surface area contributed by atoms with E-state index < -0.39 is 0 Å². The first kappa shape index (κ1) is 19.2. The number of aromatic nitrogens is 1. The van der Waals surface area contributed by atoms with Crippen molar-refractivity contribution in [1.82, 2.24) is 9.47 Å². The van der Waals surface area contributed by atoms with E-state index in [0.29, 0.717) is 41.7 Å². The topological polar surface area (TPSA) is 43.7 Å². The number of amides is 1. The molecule has 5 nitrogen and oxygen atoms in total. The van der Waals surface area contributed by atoms with Crippen molar-refractivity contribution in [2.75, 3.05) is 13.3 Å². The maximum atomic E-state index is 13.1. The lowest BCUT2D eigenvalue weighted by atomic mass is 10.1. The number of hydrogen-bond acceptors (Lipinski definition) is 3. The van der Waals surface area contributed by atoms with E-state index in [9.17, 15) is 4.79 Å². The molecule has 0 bridgehead atoms. The van der Waals surface area contributed by atoms with Crippen LogP contribution < -0.4 is 9.47 Å². The number of carbonyl (C=O) groups excluding carboxylic acids is 1. The second kappa shape index (κ2) is 8.45. The van der Waals surface area contributed by atoms with Crippen molar-refractivity contribution >= 4 is 17.5 Å². The maximum Gasteiger partial charge on any atom is 0.254 e. The van der Waals surface area contributed by atoms with Gasteiger partial charge in [0.25, 0.3) is 5.91 Å². The molecule has 2 heterocycles. The summed E-state index contributed by atoms with van der Waals surface area (Å²) < 4.78 is 12.9. The fraction of sp³-hybridized carbons (Fsp3) is 0.174. The summed E-state index contributed by atoms with van der Waals surface area (Å²) in [6.45, 7) is 5.57. The van der Waals surface area contributed by atoms with Gasteiger partial charge >= 0.3 is 0 Å². The first-order chi connectivity index (χ1) is 14.1. The molecule has 0 unspecified atom stereocenters. The lowest BCUT2D eigenvalue weighted by molar-refractivity contribution is 0.0759. The molecule has 1 aromatic heterocycles. The summed E-state index contributed by atoms with van der Waals surface area (Å²) in [7, 11) is 0. The van der Waals surface area contributed by atoms with Crippen molar-refractivity contribution in [3.05, 3.63) is 95.3 Å². The summed E-state index contributed by atoms with van der Waals surface area (Å²) in [5.41, 5.74) is 2.69. The van der Waals surface area contributed by atoms with Gasteiger partial charge in [-0.2, -0.15) is 0 Å². The van der Waals surface area contributed by atoms with Gasteiger partial charge in [0.2, 0.25) is 6.79 Å². The van der Waals surface area contributed by atoms with Gasteiger partial charge in [-0.25, -0.2) is 0 Å². The van der Waals surface area contributed by atoms with Gasteiger partial charge in [0, 0.05) is 35.6 Å². The first-order valence-electron chi connectivity index (χ1n) is 9.32. The smallest absolute Gasteiger partial charge is 0.254 e. The summed E-state index contributed by atoms with van der Waals surface area (Å²) in [4.78, 5) is 14.9. The quantitative estimate of drug-likeness (QED) is 0.530. The Morgan fingerprint density at radius 1 is 1.14 bits per heavy atom. The Bertz CT molecular complexity index is 1040. The molecule has 2 aromatic carbocycles. The third kappa shape index (κ3) is 4.30. The molecule has 4 rings (SSSR count). The van der Waals surface area contributed by atoms with E-state index in [4.69, 9.17) is 21.1 Å². The molecule has 6 heteroatoms. The maximum absolute atomic E-state index is 13.1. The summed E-state index contributed by atoms with van der Waals surface area (Å²) in [6.07, 6.45) is 3.74. The second-order valence-corrected chi connectivity index (χ2v) is 7.24. The van der Waals surface area contributed by atoms with E-state index in [2.05, 4.69) is 11.1 Å². The number of nitrogens with zero attached hydrogens (tertiary/aromatic N) is 2. The van der Waals surface area contributed by atoms with Crippen LogP contribution in [-0.4, -0.2) is 28.7 Å². The highest BCUT2D eigenvalue weighted by atomic mass is 35.5. The van der Waals surface area contributed by atoms with Crippen molar-refractivity contribution in [3.8, 4) is 11.5 Å². The highest BCUT2D eigenvalue weighted by molar-refractivity contribution is 6.30. The lowest BCUT2D eigenvalue weighted by Crippen LogP contribution is -2.31. The van der Waals surface area contributed by atoms with Gasteiger partial charge in [0.15, 0.2) is 11.5 Å². The van der Waals surface area contributed by atoms with E-state index in [-0.39, 0.29) is 12.7 Å². The average molecular weight is 409 g/mol. The van der Waals surface area contributed by atoms with Crippen LogP contribution >= 0.6 is 11.6 Å². The summed E-state index contributed by atoms with van der Waals surface area (Å²) in [5, 5.41) is 0.711. The van der Waals surface area contributed by atoms with Gasteiger partial charge in [0.05, 0.1) is 6.54 Å². The van der Waals surface area contributed by atoms with Gasteiger partial charge in [-0.1, -0.05) is 29.8 Å². The number of fused-ring (bicyclic) bond motifs is 1. The Hall–Kier alpha value is -3.18. The molecule has 0 fully saturated rings. The Morgan fingerprint density at radius 3 is 2.83 bits per heavy atom.